The molecule has 7 heteroatoms. The summed E-state index contributed by atoms with van der Waals surface area (Å²) in [5.74, 6) is 0.428. The number of hydrogen-bond donors (Lipinski definition) is 1. The summed E-state index contributed by atoms with van der Waals surface area (Å²) in [5, 5.41) is 5.36. The number of anilines is 1. The molecule has 6 nitrogen and oxygen atoms in total. The first-order chi connectivity index (χ1) is 12.6. The molecule has 138 valence electrons. The molecule has 2 amide bonds. The van der Waals surface area contributed by atoms with Crippen LogP contribution >= 0.6 is 11.3 Å². The number of nitrogens with zero attached hydrogens (tertiary/aromatic N) is 2. The molecule has 2 heterocycles. The lowest BCUT2D eigenvalue weighted by Gasteiger charge is -2.29. The maximum Gasteiger partial charge on any atom is 0.270 e. The number of rotatable bonds is 7. The van der Waals surface area contributed by atoms with Crippen molar-refractivity contribution in [2.75, 3.05) is 18.1 Å². The molecule has 0 unspecified atom stereocenters. The lowest BCUT2D eigenvalue weighted by Crippen LogP contribution is -2.38. The van der Waals surface area contributed by atoms with E-state index in [1.54, 1.807) is 10.3 Å². The summed E-state index contributed by atoms with van der Waals surface area (Å²) in [7, 11) is 0. The summed E-state index contributed by atoms with van der Waals surface area (Å²) in [4.78, 5) is 30.5. The van der Waals surface area contributed by atoms with Crippen molar-refractivity contribution < 1.29 is 14.3 Å². The van der Waals surface area contributed by atoms with Gasteiger partial charge in [0, 0.05) is 11.9 Å². The molecule has 1 aliphatic rings. The van der Waals surface area contributed by atoms with Crippen molar-refractivity contribution in [1.29, 1.82) is 0 Å². The van der Waals surface area contributed by atoms with Crippen LogP contribution in [0.2, 0.25) is 0 Å². The highest BCUT2D eigenvalue weighted by Gasteiger charge is 2.26. The molecule has 0 spiro atoms. The van der Waals surface area contributed by atoms with Gasteiger partial charge in [-0.3, -0.25) is 14.5 Å². The number of benzene rings is 1. The highest BCUT2D eigenvalue weighted by atomic mass is 32.1. The van der Waals surface area contributed by atoms with Gasteiger partial charge in [-0.25, -0.2) is 4.98 Å². The third kappa shape index (κ3) is 4.22. The van der Waals surface area contributed by atoms with E-state index < -0.39 is 0 Å². The van der Waals surface area contributed by atoms with Gasteiger partial charge in [0.2, 0.25) is 0 Å². The number of hydrogen-bond acceptors (Lipinski definition) is 5. The summed E-state index contributed by atoms with van der Waals surface area (Å²) < 4.78 is 5.49. The first-order valence-electron chi connectivity index (χ1n) is 8.85. The molecule has 3 rings (SSSR count). The summed E-state index contributed by atoms with van der Waals surface area (Å²) in [6, 6.07) is 5.76. The Hall–Kier alpha value is -2.41. The van der Waals surface area contributed by atoms with Gasteiger partial charge in [-0.15, -0.1) is 11.3 Å². The monoisotopic (exact) mass is 373 g/mol. The molecule has 0 bridgehead atoms. The standard InChI is InChI=1S/C19H23N3O3S/c1-3-4-5-8-20-19(24)14-12-26-17(21-14)10-22-15-9-13(2)6-7-16(15)25-11-18(22)23/h6-7,9,12H,3-5,8,10-11H2,1-2H3,(H,20,24). The van der Waals surface area contributed by atoms with Gasteiger partial charge in [0.15, 0.2) is 6.61 Å². The van der Waals surface area contributed by atoms with Crippen LogP contribution in [0.3, 0.4) is 0 Å². The van der Waals surface area contributed by atoms with Crippen LogP contribution < -0.4 is 15.0 Å². The first-order valence-corrected chi connectivity index (χ1v) is 9.73. The van der Waals surface area contributed by atoms with Crippen LogP contribution in [0, 0.1) is 6.92 Å². The number of thiazole rings is 1. The molecule has 0 fully saturated rings. The first kappa shape index (κ1) is 18.4. The Bertz CT molecular complexity index is 803. The zero-order valence-corrected chi connectivity index (χ0v) is 15.9. The van der Waals surface area contributed by atoms with E-state index in [1.807, 2.05) is 25.1 Å². The van der Waals surface area contributed by atoms with E-state index in [0.29, 0.717) is 24.5 Å². The Morgan fingerprint density at radius 2 is 2.23 bits per heavy atom. The number of nitrogens with one attached hydrogen (secondary N) is 1. The van der Waals surface area contributed by atoms with Gasteiger partial charge in [-0.05, 0) is 31.0 Å². The number of aryl methyl sites for hydroxylation is 1. The number of ether oxygens (including phenoxy) is 1. The van der Waals surface area contributed by atoms with Crippen molar-refractivity contribution in [2.24, 2.45) is 0 Å². The van der Waals surface area contributed by atoms with E-state index in [1.165, 1.54) is 11.3 Å². The predicted molar refractivity (Wildman–Crippen MR) is 102 cm³/mol. The van der Waals surface area contributed by atoms with E-state index in [9.17, 15) is 9.59 Å². The minimum Gasteiger partial charge on any atom is -0.482 e. The Morgan fingerprint density at radius 3 is 3.04 bits per heavy atom. The molecule has 0 aliphatic carbocycles. The molecule has 1 aromatic heterocycles. The second-order valence-electron chi connectivity index (χ2n) is 6.33. The maximum absolute atomic E-state index is 12.3. The van der Waals surface area contributed by atoms with Crippen molar-refractivity contribution in [1.82, 2.24) is 10.3 Å². The van der Waals surface area contributed by atoms with Crippen LogP contribution in [-0.2, 0) is 11.3 Å². The fourth-order valence-corrected chi connectivity index (χ4v) is 3.54. The van der Waals surface area contributed by atoms with Crippen LogP contribution in [0.1, 0.15) is 47.2 Å². The minimum absolute atomic E-state index is 0.0200. The summed E-state index contributed by atoms with van der Waals surface area (Å²) in [5.41, 5.74) is 2.21. The highest BCUT2D eigenvalue weighted by Crippen LogP contribution is 2.34. The maximum atomic E-state index is 12.3. The van der Waals surface area contributed by atoms with Crippen molar-refractivity contribution in [3.8, 4) is 5.75 Å². The molecule has 2 aromatic rings. The van der Waals surface area contributed by atoms with Crippen molar-refractivity contribution in [3.05, 3.63) is 39.8 Å². The molecular formula is C19H23N3O3S. The number of carbonyl (C=O) groups is 2. The van der Waals surface area contributed by atoms with Gasteiger partial charge >= 0.3 is 0 Å². The SMILES string of the molecule is CCCCCNC(=O)c1csc(CN2C(=O)COc3ccc(C)cc32)n1. The Kier molecular flexibility index (Phi) is 5.88. The van der Waals surface area contributed by atoms with E-state index in [0.717, 1.165) is 35.5 Å². The average Bonchev–Trinajstić information content (AvgIpc) is 3.10. The topological polar surface area (TPSA) is 71.5 Å². The third-order valence-corrected chi connectivity index (χ3v) is 5.03. The van der Waals surface area contributed by atoms with Gasteiger partial charge in [-0.2, -0.15) is 0 Å². The molecule has 26 heavy (non-hydrogen) atoms. The zero-order valence-electron chi connectivity index (χ0n) is 15.1. The lowest BCUT2D eigenvalue weighted by molar-refractivity contribution is -0.121. The van der Waals surface area contributed by atoms with E-state index in [2.05, 4.69) is 17.2 Å². The summed E-state index contributed by atoms with van der Waals surface area (Å²) in [6.07, 6.45) is 3.18. The average molecular weight is 373 g/mol. The smallest absolute Gasteiger partial charge is 0.270 e. The molecule has 0 atom stereocenters. The van der Waals surface area contributed by atoms with Crippen LogP contribution in [0.5, 0.6) is 5.75 Å². The van der Waals surface area contributed by atoms with Crippen molar-refractivity contribution in [3.63, 3.8) is 0 Å². The van der Waals surface area contributed by atoms with E-state index >= 15 is 0 Å². The number of fused-ring (bicyclic) bond motifs is 1. The predicted octanol–water partition coefficient (Wildman–Crippen LogP) is 3.30. The van der Waals surface area contributed by atoms with E-state index in [-0.39, 0.29) is 18.4 Å². The second kappa shape index (κ2) is 8.31. The fraction of sp³-hybridized carbons (Fsp3) is 0.421. The fourth-order valence-electron chi connectivity index (χ4n) is 2.78. The molecule has 0 saturated heterocycles. The number of unbranched alkanes of at least 4 members (excludes halogenated alkanes) is 2. The normalized spacial score (nSPS) is 13.3. The quantitative estimate of drug-likeness (QED) is 0.756. The minimum atomic E-state index is -0.159. The van der Waals surface area contributed by atoms with Gasteiger partial charge in [0.05, 0.1) is 12.2 Å². The van der Waals surface area contributed by atoms with Crippen LogP contribution in [-0.4, -0.2) is 29.9 Å². The second-order valence-corrected chi connectivity index (χ2v) is 7.27. The number of aromatic nitrogens is 1. The van der Waals surface area contributed by atoms with Crippen molar-refractivity contribution >= 4 is 28.8 Å². The molecule has 0 radical (unpaired) electrons. The molecule has 1 N–H and O–H groups in total. The van der Waals surface area contributed by atoms with Gasteiger partial charge in [-0.1, -0.05) is 25.8 Å². The zero-order chi connectivity index (χ0) is 18.5. The van der Waals surface area contributed by atoms with Crippen LogP contribution in [0.25, 0.3) is 0 Å². The number of amides is 2. The third-order valence-electron chi connectivity index (χ3n) is 4.20. The molecular weight excluding hydrogens is 350 g/mol. The van der Waals surface area contributed by atoms with Crippen molar-refractivity contribution in [2.45, 2.75) is 39.7 Å². The largest absolute Gasteiger partial charge is 0.482 e. The van der Waals surface area contributed by atoms with Gasteiger partial charge < -0.3 is 10.1 Å². The Balaban J connectivity index is 1.68. The molecule has 0 saturated carbocycles. The molecule has 1 aliphatic heterocycles. The highest BCUT2D eigenvalue weighted by molar-refractivity contribution is 7.09. The lowest BCUT2D eigenvalue weighted by atomic mass is 10.1. The van der Waals surface area contributed by atoms with Gasteiger partial charge in [0.25, 0.3) is 11.8 Å². The summed E-state index contributed by atoms with van der Waals surface area (Å²) >= 11 is 1.39. The number of carbonyl (C=O) groups excluding carboxylic acids is 2. The van der Waals surface area contributed by atoms with E-state index in [4.69, 9.17) is 4.74 Å². The summed E-state index contributed by atoms with van der Waals surface area (Å²) in [6.45, 7) is 5.12. The van der Waals surface area contributed by atoms with Crippen LogP contribution in [0.4, 0.5) is 5.69 Å². The Morgan fingerprint density at radius 1 is 1.38 bits per heavy atom. The Labute approximate surface area is 157 Å². The van der Waals surface area contributed by atoms with Gasteiger partial charge in [0.1, 0.15) is 16.5 Å². The molecule has 1 aromatic carbocycles. The van der Waals surface area contributed by atoms with Crippen LogP contribution in [0.15, 0.2) is 23.6 Å².